The molecule has 1 aliphatic rings. The Kier molecular flexibility index (Phi) is 4.08. The maximum Gasteiger partial charge on any atom is 0.257 e. The van der Waals surface area contributed by atoms with Crippen LogP contribution in [-0.2, 0) is 10.0 Å². The lowest BCUT2D eigenvalue weighted by atomic mass is 10.3. The molecule has 0 fully saturated rings. The van der Waals surface area contributed by atoms with E-state index in [1.54, 1.807) is 6.07 Å². The first-order valence-electron chi connectivity index (χ1n) is 5.46. The van der Waals surface area contributed by atoms with Crippen LogP contribution in [0.2, 0.25) is 0 Å². The van der Waals surface area contributed by atoms with Crippen LogP contribution in [0.5, 0.6) is 11.5 Å². The number of hydrogen-bond acceptors (Lipinski definition) is 5. The van der Waals surface area contributed by atoms with Gasteiger partial charge < -0.3 is 15.2 Å². The number of hydrazine groups is 1. The standard InChI is InChI=1S/C10H13N3O4S2/c11-10(18)12-13-19(14,15)7-2-3-8-9(6-7)17-5-1-4-16-8/h2-3,6,13H,1,4-5H2,(H3,11,12,18). The Morgan fingerprint density at radius 1 is 1.26 bits per heavy atom. The first-order valence-corrected chi connectivity index (χ1v) is 7.35. The molecule has 104 valence electrons. The average molecular weight is 303 g/mol. The van der Waals surface area contributed by atoms with Crippen molar-refractivity contribution in [3.63, 3.8) is 0 Å². The van der Waals surface area contributed by atoms with Crippen molar-refractivity contribution in [1.29, 1.82) is 0 Å². The maximum absolute atomic E-state index is 11.9. The fourth-order valence-corrected chi connectivity index (χ4v) is 2.47. The Balaban J connectivity index is 2.25. The van der Waals surface area contributed by atoms with Gasteiger partial charge in [-0.15, -0.1) is 4.83 Å². The summed E-state index contributed by atoms with van der Waals surface area (Å²) >= 11 is 4.52. The van der Waals surface area contributed by atoms with Gasteiger partial charge in [-0.1, -0.05) is 0 Å². The van der Waals surface area contributed by atoms with Crippen molar-refractivity contribution in [2.24, 2.45) is 5.73 Å². The van der Waals surface area contributed by atoms with E-state index < -0.39 is 10.0 Å². The zero-order valence-electron chi connectivity index (χ0n) is 9.88. The molecule has 0 saturated carbocycles. The summed E-state index contributed by atoms with van der Waals surface area (Å²) in [5.41, 5.74) is 7.33. The molecule has 0 saturated heterocycles. The molecule has 2 rings (SSSR count). The van der Waals surface area contributed by atoms with Crippen molar-refractivity contribution in [3.8, 4) is 11.5 Å². The van der Waals surface area contributed by atoms with E-state index in [-0.39, 0.29) is 10.0 Å². The molecule has 19 heavy (non-hydrogen) atoms. The van der Waals surface area contributed by atoms with Gasteiger partial charge in [0.1, 0.15) is 0 Å². The highest BCUT2D eigenvalue weighted by atomic mass is 32.2. The van der Waals surface area contributed by atoms with Gasteiger partial charge in [0, 0.05) is 12.5 Å². The molecular weight excluding hydrogens is 290 g/mol. The van der Waals surface area contributed by atoms with E-state index in [4.69, 9.17) is 15.2 Å². The predicted octanol–water partition coefficient (Wildman–Crippen LogP) is -0.126. The number of fused-ring (bicyclic) bond motifs is 1. The van der Waals surface area contributed by atoms with Crippen molar-refractivity contribution >= 4 is 27.4 Å². The van der Waals surface area contributed by atoms with Crippen LogP contribution >= 0.6 is 12.2 Å². The molecule has 0 atom stereocenters. The van der Waals surface area contributed by atoms with E-state index in [1.807, 2.05) is 0 Å². The van der Waals surface area contributed by atoms with E-state index in [0.29, 0.717) is 24.7 Å². The van der Waals surface area contributed by atoms with Crippen molar-refractivity contribution in [2.75, 3.05) is 13.2 Å². The van der Waals surface area contributed by atoms with E-state index in [1.165, 1.54) is 12.1 Å². The van der Waals surface area contributed by atoms with Gasteiger partial charge in [0.15, 0.2) is 16.6 Å². The Morgan fingerprint density at radius 3 is 2.63 bits per heavy atom. The summed E-state index contributed by atoms with van der Waals surface area (Å²) in [5.74, 6) is 0.925. The Morgan fingerprint density at radius 2 is 1.95 bits per heavy atom. The van der Waals surface area contributed by atoms with E-state index in [0.717, 1.165) is 6.42 Å². The van der Waals surface area contributed by atoms with Gasteiger partial charge in [0.2, 0.25) is 0 Å². The summed E-state index contributed by atoms with van der Waals surface area (Å²) in [7, 11) is -3.76. The molecule has 1 aliphatic heterocycles. The summed E-state index contributed by atoms with van der Waals surface area (Å²) in [6.07, 6.45) is 0.748. The third-order valence-corrected chi connectivity index (χ3v) is 3.69. The zero-order valence-corrected chi connectivity index (χ0v) is 11.5. The van der Waals surface area contributed by atoms with Gasteiger partial charge in [-0.05, 0) is 24.4 Å². The van der Waals surface area contributed by atoms with Crippen LogP contribution in [0.25, 0.3) is 0 Å². The lowest BCUT2D eigenvalue weighted by Crippen LogP contribution is -2.44. The van der Waals surface area contributed by atoms with Crippen LogP contribution in [0.1, 0.15) is 6.42 Å². The SMILES string of the molecule is NC(=S)NNS(=O)(=O)c1ccc2c(c1)OCCCO2. The number of nitrogens with one attached hydrogen (secondary N) is 2. The van der Waals surface area contributed by atoms with Gasteiger partial charge in [0.05, 0.1) is 18.1 Å². The predicted molar refractivity (Wildman–Crippen MR) is 72.3 cm³/mol. The van der Waals surface area contributed by atoms with Crippen LogP contribution < -0.4 is 25.5 Å². The Hall–Kier alpha value is -1.58. The van der Waals surface area contributed by atoms with Crippen molar-refractivity contribution in [2.45, 2.75) is 11.3 Å². The number of ether oxygens (including phenoxy) is 2. The molecule has 4 N–H and O–H groups in total. The highest BCUT2D eigenvalue weighted by molar-refractivity contribution is 7.89. The number of hydrogen-bond donors (Lipinski definition) is 3. The summed E-state index contributed by atoms with van der Waals surface area (Å²) in [6, 6.07) is 4.36. The topological polar surface area (TPSA) is 103 Å². The second kappa shape index (κ2) is 5.59. The highest BCUT2D eigenvalue weighted by Gasteiger charge is 2.18. The molecule has 0 amide bonds. The minimum Gasteiger partial charge on any atom is -0.490 e. The fraction of sp³-hybridized carbons (Fsp3) is 0.300. The van der Waals surface area contributed by atoms with Crippen molar-refractivity contribution in [1.82, 2.24) is 10.3 Å². The third kappa shape index (κ3) is 3.46. The van der Waals surface area contributed by atoms with Crippen LogP contribution in [0, 0.1) is 0 Å². The number of benzene rings is 1. The lowest BCUT2D eigenvalue weighted by molar-refractivity contribution is 0.297. The van der Waals surface area contributed by atoms with Crippen LogP contribution in [0.3, 0.4) is 0 Å². The summed E-state index contributed by atoms with van der Waals surface area (Å²) in [4.78, 5) is 2.09. The largest absolute Gasteiger partial charge is 0.490 e. The molecule has 7 nitrogen and oxygen atoms in total. The highest BCUT2D eigenvalue weighted by Crippen LogP contribution is 2.31. The van der Waals surface area contributed by atoms with E-state index in [2.05, 4.69) is 22.5 Å². The molecule has 0 spiro atoms. The third-order valence-electron chi connectivity index (χ3n) is 2.34. The molecule has 0 radical (unpaired) electrons. The zero-order chi connectivity index (χ0) is 13.9. The molecule has 0 aromatic heterocycles. The second-order valence-electron chi connectivity index (χ2n) is 3.75. The van der Waals surface area contributed by atoms with Crippen LogP contribution in [-0.4, -0.2) is 26.7 Å². The summed E-state index contributed by atoms with van der Waals surface area (Å²) in [5, 5.41) is -0.169. The first kappa shape index (κ1) is 13.8. The molecule has 1 aromatic rings. The number of thiocarbonyl (C=S) groups is 1. The van der Waals surface area contributed by atoms with Gasteiger partial charge in [-0.3, -0.25) is 5.43 Å². The Labute approximate surface area is 116 Å². The summed E-state index contributed by atoms with van der Waals surface area (Å²) < 4.78 is 34.7. The normalized spacial score (nSPS) is 14.5. The van der Waals surface area contributed by atoms with Crippen molar-refractivity contribution in [3.05, 3.63) is 18.2 Å². The molecule has 1 heterocycles. The lowest BCUT2D eigenvalue weighted by Gasteiger charge is -2.11. The fourth-order valence-electron chi connectivity index (χ4n) is 1.49. The number of rotatable bonds is 3. The maximum atomic E-state index is 11.9. The smallest absolute Gasteiger partial charge is 0.257 e. The van der Waals surface area contributed by atoms with Gasteiger partial charge in [0.25, 0.3) is 10.0 Å². The van der Waals surface area contributed by atoms with E-state index in [9.17, 15) is 8.42 Å². The van der Waals surface area contributed by atoms with Gasteiger partial charge >= 0.3 is 0 Å². The molecule has 1 aromatic carbocycles. The van der Waals surface area contributed by atoms with Crippen LogP contribution in [0.15, 0.2) is 23.1 Å². The number of sulfonamides is 1. The molecule has 0 bridgehead atoms. The molecule has 9 heteroatoms. The monoisotopic (exact) mass is 303 g/mol. The molecule has 0 unspecified atom stereocenters. The molecule has 0 aliphatic carbocycles. The minimum atomic E-state index is -3.76. The first-order chi connectivity index (χ1) is 8.99. The van der Waals surface area contributed by atoms with Crippen LogP contribution in [0.4, 0.5) is 0 Å². The van der Waals surface area contributed by atoms with Crippen molar-refractivity contribution < 1.29 is 17.9 Å². The quantitative estimate of drug-likeness (QED) is 0.528. The van der Waals surface area contributed by atoms with Gasteiger partial charge in [-0.2, -0.15) is 0 Å². The molecular formula is C10H13N3O4S2. The minimum absolute atomic E-state index is 0.0282. The average Bonchev–Trinajstić information content (AvgIpc) is 2.60. The second-order valence-corrected chi connectivity index (χ2v) is 5.88. The number of nitrogens with two attached hydrogens (primary N) is 1. The van der Waals surface area contributed by atoms with E-state index >= 15 is 0 Å². The Bertz CT molecular complexity index is 588. The van der Waals surface area contributed by atoms with Gasteiger partial charge in [-0.25, -0.2) is 8.42 Å². The summed E-state index contributed by atoms with van der Waals surface area (Å²) in [6.45, 7) is 1.02.